The number of rotatable bonds is 3. The smallest absolute Gasteiger partial charge is 0.408 e. The predicted octanol–water partition coefficient (Wildman–Crippen LogP) is 2.66. The van der Waals surface area contributed by atoms with Crippen molar-refractivity contribution >= 4 is 6.09 Å². The van der Waals surface area contributed by atoms with Crippen molar-refractivity contribution in [3.63, 3.8) is 0 Å². The molecule has 1 aromatic carbocycles. The van der Waals surface area contributed by atoms with Crippen LogP contribution in [0.15, 0.2) is 18.2 Å². The number of ether oxygens (including phenoxy) is 1. The lowest BCUT2D eigenvalue weighted by Gasteiger charge is -2.23. The average Bonchev–Trinajstić information content (AvgIpc) is 2.27. The highest BCUT2D eigenvalue weighted by atomic mass is 19.1. The van der Waals surface area contributed by atoms with E-state index in [1.165, 1.54) is 6.07 Å². The summed E-state index contributed by atoms with van der Waals surface area (Å²) in [5, 5.41) is 2.58. The molecule has 1 atom stereocenters. The van der Waals surface area contributed by atoms with Crippen LogP contribution in [-0.2, 0) is 4.74 Å². The van der Waals surface area contributed by atoms with Crippen LogP contribution < -0.4 is 11.1 Å². The van der Waals surface area contributed by atoms with Crippen LogP contribution >= 0.6 is 0 Å². The zero-order valence-electron chi connectivity index (χ0n) is 11.8. The van der Waals surface area contributed by atoms with Crippen molar-refractivity contribution in [3.8, 4) is 0 Å². The Kier molecular flexibility index (Phi) is 4.89. The van der Waals surface area contributed by atoms with Crippen molar-refractivity contribution in [2.24, 2.45) is 5.73 Å². The van der Waals surface area contributed by atoms with Crippen LogP contribution in [0.2, 0.25) is 0 Å². The van der Waals surface area contributed by atoms with Gasteiger partial charge in [-0.3, -0.25) is 0 Å². The van der Waals surface area contributed by atoms with Crippen molar-refractivity contribution in [3.05, 3.63) is 35.1 Å². The van der Waals surface area contributed by atoms with Crippen LogP contribution in [0.25, 0.3) is 0 Å². The number of aryl methyl sites for hydroxylation is 1. The van der Waals surface area contributed by atoms with E-state index >= 15 is 0 Å². The first kappa shape index (κ1) is 15.4. The average molecular weight is 268 g/mol. The second-order valence-electron chi connectivity index (χ2n) is 5.46. The van der Waals surface area contributed by atoms with Crippen LogP contribution in [0.3, 0.4) is 0 Å². The molecule has 0 heterocycles. The molecular formula is C14H21FN2O2. The Balaban J connectivity index is 2.84. The van der Waals surface area contributed by atoms with Gasteiger partial charge in [0, 0.05) is 12.1 Å². The van der Waals surface area contributed by atoms with E-state index in [0.29, 0.717) is 5.56 Å². The number of carbonyl (C=O) groups excluding carboxylic acids is 1. The van der Waals surface area contributed by atoms with E-state index in [1.54, 1.807) is 32.9 Å². The number of carbonyl (C=O) groups is 1. The van der Waals surface area contributed by atoms with Crippen molar-refractivity contribution in [2.45, 2.75) is 39.3 Å². The molecule has 0 saturated carbocycles. The molecule has 0 aromatic heterocycles. The summed E-state index contributed by atoms with van der Waals surface area (Å²) in [6, 6.07) is 4.10. The Morgan fingerprint density at radius 3 is 2.63 bits per heavy atom. The molecule has 3 N–H and O–H groups in total. The summed E-state index contributed by atoms with van der Waals surface area (Å²) in [5.74, 6) is -0.392. The molecule has 0 aliphatic carbocycles. The molecule has 0 unspecified atom stereocenters. The van der Waals surface area contributed by atoms with Gasteiger partial charge in [0.15, 0.2) is 0 Å². The minimum atomic E-state index is -0.608. The Hall–Kier alpha value is -1.62. The second kappa shape index (κ2) is 6.02. The third-order valence-corrected chi connectivity index (χ3v) is 2.45. The van der Waals surface area contributed by atoms with E-state index in [-0.39, 0.29) is 6.54 Å². The van der Waals surface area contributed by atoms with Crippen molar-refractivity contribution in [1.82, 2.24) is 5.32 Å². The fourth-order valence-corrected chi connectivity index (χ4v) is 1.64. The third kappa shape index (κ3) is 4.87. The molecule has 5 heteroatoms. The van der Waals surface area contributed by atoms with Gasteiger partial charge in [-0.05, 0) is 33.8 Å². The van der Waals surface area contributed by atoms with Crippen molar-refractivity contribution in [1.29, 1.82) is 0 Å². The Morgan fingerprint density at radius 2 is 2.11 bits per heavy atom. The normalized spacial score (nSPS) is 12.9. The fourth-order valence-electron chi connectivity index (χ4n) is 1.64. The Morgan fingerprint density at radius 1 is 1.47 bits per heavy atom. The topological polar surface area (TPSA) is 64.3 Å². The summed E-state index contributed by atoms with van der Waals surface area (Å²) in [4.78, 5) is 11.7. The van der Waals surface area contributed by atoms with Crippen LogP contribution in [0.4, 0.5) is 9.18 Å². The largest absolute Gasteiger partial charge is 0.444 e. The van der Waals surface area contributed by atoms with E-state index in [9.17, 15) is 9.18 Å². The fraction of sp³-hybridized carbons (Fsp3) is 0.500. The quantitative estimate of drug-likeness (QED) is 0.885. The monoisotopic (exact) mass is 268 g/mol. The number of benzene rings is 1. The number of hydrogen-bond donors (Lipinski definition) is 2. The molecule has 19 heavy (non-hydrogen) atoms. The van der Waals surface area contributed by atoms with E-state index in [0.717, 1.165) is 5.56 Å². The van der Waals surface area contributed by atoms with Gasteiger partial charge in [-0.15, -0.1) is 0 Å². The highest BCUT2D eigenvalue weighted by Crippen LogP contribution is 2.18. The van der Waals surface area contributed by atoms with Gasteiger partial charge in [0.1, 0.15) is 11.4 Å². The van der Waals surface area contributed by atoms with Crippen molar-refractivity contribution in [2.75, 3.05) is 6.54 Å². The molecule has 0 aliphatic rings. The number of halogens is 1. The summed E-state index contributed by atoms with van der Waals surface area (Å²) in [7, 11) is 0. The first-order valence-corrected chi connectivity index (χ1v) is 6.18. The molecule has 0 radical (unpaired) electrons. The lowest BCUT2D eigenvalue weighted by Crippen LogP contribution is -2.38. The first-order valence-electron chi connectivity index (χ1n) is 6.18. The molecule has 0 spiro atoms. The molecule has 0 bridgehead atoms. The highest BCUT2D eigenvalue weighted by Gasteiger charge is 2.21. The van der Waals surface area contributed by atoms with Gasteiger partial charge in [0.2, 0.25) is 0 Å². The minimum absolute atomic E-state index is 0.0968. The number of nitrogens with one attached hydrogen (secondary N) is 1. The lowest BCUT2D eigenvalue weighted by atomic mass is 10.0. The van der Waals surface area contributed by atoms with Gasteiger partial charge in [-0.2, -0.15) is 0 Å². The molecule has 1 aromatic rings. The van der Waals surface area contributed by atoms with Crippen LogP contribution in [0.1, 0.15) is 37.9 Å². The number of amides is 1. The zero-order chi connectivity index (χ0) is 14.6. The molecule has 4 nitrogen and oxygen atoms in total. The maximum atomic E-state index is 13.7. The van der Waals surface area contributed by atoms with Crippen LogP contribution in [-0.4, -0.2) is 18.2 Å². The van der Waals surface area contributed by atoms with Gasteiger partial charge in [0.05, 0.1) is 6.04 Å². The zero-order valence-corrected chi connectivity index (χ0v) is 11.8. The van der Waals surface area contributed by atoms with Crippen molar-refractivity contribution < 1.29 is 13.9 Å². The summed E-state index contributed by atoms with van der Waals surface area (Å²) in [6.45, 7) is 7.23. The van der Waals surface area contributed by atoms with E-state index < -0.39 is 23.6 Å². The highest BCUT2D eigenvalue weighted by molar-refractivity contribution is 5.68. The van der Waals surface area contributed by atoms with Crippen LogP contribution in [0, 0.1) is 12.7 Å². The molecular weight excluding hydrogens is 247 g/mol. The second-order valence-corrected chi connectivity index (χ2v) is 5.46. The van der Waals surface area contributed by atoms with E-state index in [1.807, 2.05) is 6.92 Å². The van der Waals surface area contributed by atoms with Gasteiger partial charge in [-0.25, -0.2) is 9.18 Å². The molecule has 0 saturated heterocycles. The Bertz CT molecular complexity index is 455. The summed E-state index contributed by atoms with van der Waals surface area (Å²) < 4.78 is 18.9. The summed E-state index contributed by atoms with van der Waals surface area (Å²) >= 11 is 0. The number of nitrogens with two attached hydrogens (primary N) is 1. The molecule has 0 aliphatic heterocycles. The van der Waals surface area contributed by atoms with Gasteiger partial charge in [0.25, 0.3) is 0 Å². The maximum Gasteiger partial charge on any atom is 0.408 e. The SMILES string of the molecule is Cc1ccc(F)c([C@H](CN)NC(=O)OC(C)(C)C)c1. The van der Waals surface area contributed by atoms with E-state index in [4.69, 9.17) is 10.5 Å². The molecule has 106 valence electrons. The first-order chi connectivity index (χ1) is 8.73. The van der Waals surface area contributed by atoms with Crippen LogP contribution in [0.5, 0.6) is 0 Å². The standard InChI is InChI=1S/C14H21FN2O2/c1-9-5-6-11(15)10(7-9)12(8-16)17-13(18)19-14(2,3)4/h5-7,12H,8,16H2,1-4H3,(H,17,18)/t12-/m0/s1. The lowest BCUT2D eigenvalue weighted by molar-refractivity contribution is 0.0504. The minimum Gasteiger partial charge on any atom is -0.444 e. The predicted molar refractivity (Wildman–Crippen MR) is 72.3 cm³/mol. The molecule has 0 fully saturated rings. The molecule has 1 amide bonds. The third-order valence-electron chi connectivity index (χ3n) is 2.45. The Labute approximate surface area is 113 Å². The summed E-state index contributed by atoms with van der Waals surface area (Å²) in [5.41, 5.74) is 6.27. The van der Waals surface area contributed by atoms with Gasteiger partial charge < -0.3 is 15.8 Å². The van der Waals surface area contributed by atoms with Gasteiger partial charge >= 0.3 is 6.09 Å². The van der Waals surface area contributed by atoms with E-state index in [2.05, 4.69) is 5.32 Å². The summed E-state index contributed by atoms with van der Waals surface area (Å²) in [6.07, 6.45) is -0.608. The molecule has 1 rings (SSSR count). The maximum absolute atomic E-state index is 13.7. The number of hydrogen-bond acceptors (Lipinski definition) is 3. The number of alkyl carbamates (subject to hydrolysis) is 1. The van der Waals surface area contributed by atoms with Gasteiger partial charge in [-0.1, -0.05) is 17.7 Å².